The monoisotopic (exact) mass is 753 g/mol. The Bertz CT molecular complexity index is 3570. The topological polar surface area (TPSA) is 29.5 Å². The van der Waals surface area contributed by atoms with Crippen LogP contribution in [0, 0.1) is 0 Å². The Kier molecular flexibility index (Phi) is 7.54. The van der Waals surface area contributed by atoms with Crippen LogP contribution in [0.15, 0.2) is 221 Å². The minimum Gasteiger partial charge on any atom is -0.456 e. The van der Waals surface area contributed by atoms with E-state index in [2.05, 4.69) is 205 Å². The molecule has 12 aromatic rings. The van der Waals surface area contributed by atoms with E-state index in [4.69, 9.17) is 8.83 Å². The predicted molar refractivity (Wildman–Crippen MR) is 247 cm³/mol. The highest BCUT2D eigenvalue weighted by molar-refractivity contribution is 6.17. The maximum Gasteiger partial charge on any atom is 0.136 e. The molecule has 59 heavy (non-hydrogen) atoms. The summed E-state index contributed by atoms with van der Waals surface area (Å²) in [6, 6.07) is 75.9. The molecule has 3 nitrogen and oxygen atoms in total. The van der Waals surface area contributed by atoms with E-state index in [9.17, 15) is 0 Å². The molecule has 276 valence electrons. The van der Waals surface area contributed by atoms with E-state index in [0.29, 0.717) is 0 Å². The molecule has 2 heterocycles. The normalized spacial score (nSPS) is 11.7. The highest BCUT2D eigenvalue weighted by Gasteiger charge is 2.21. The van der Waals surface area contributed by atoms with Gasteiger partial charge in [-0.25, -0.2) is 0 Å². The van der Waals surface area contributed by atoms with Crippen LogP contribution >= 0.6 is 0 Å². The van der Waals surface area contributed by atoms with Crippen LogP contribution in [0.2, 0.25) is 0 Å². The van der Waals surface area contributed by atoms with E-state index in [-0.39, 0.29) is 0 Å². The lowest BCUT2D eigenvalue weighted by atomic mass is 9.95. The summed E-state index contributed by atoms with van der Waals surface area (Å²) in [7, 11) is 0. The van der Waals surface area contributed by atoms with Gasteiger partial charge in [0.2, 0.25) is 0 Å². The predicted octanol–water partition coefficient (Wildman–Crippen LogP) is 16.3. The summed E-state index contributed by atoms with van der Waals surface area (Å²) in [5.74, 6) is 0. The summed E-state index contributed by atoms with van der Waals surface area (Å²) in [4.78, 5) is 2.40. The summed E-state index contributed by atoms with van der Waals surface area (Å²) < 4.78 is 12.8. The molecule has 0 saturated carbocycles. The minimum atomic E-state index is 0.873. The van der Waals surface area contributed by atoms with Gasteiger partial charge in [-0.05, 0) is 116 Å². The Balaban J connectivity index is 1.05. The van der Waals surface area contributed by atoms with Crippen LogP contribution in [0.1, 0.15) is 0 Å². The van der Waals surface area contributed by atoms with Crippen molar-refractivity contribution in [3.63, 3.8) is 0 Å². The van der Waals surface area contributed by atoms with Crippen molar-refractivity contribution in [3.05, 3.63) is 212 Å². The third kappa shape index (κ3) is 5.51. The maximum absolute atomic E-state index is 6.57. The van der Waals surface area contributed by atoms with E-state index >= 15 is 0 Å². The molecule has 10 aromatic carbocycles. The Morgan fingerprint density at radius 3 is 1.80 bits per heavy atom. The molecule has 0 saturated heterocycles. The molecule has 0 atom stereocenters. The Hall–Kier alpha value is -7.88. The first-order valence-corrected chi connectivity index (χ1v) is 20.1. The van der Waals surface area contributed by atoms with E-state index in [1.165, 1.54) is 32.7 Å². The third-order valence-corrected chi connectivity index (χ3v) is 11.8. The number of para-hydroxylation sites is 2. The Morgan fingerprint density at radius 2 is 0.898 bits per heavy atom. The van der Waals surface area contributed by atoms with Crippen LogP contribution in [0.4, 0.5) is 17.1 Å². The zero-order valence-corrected chi connectivity index (χ0v) is 32.0. The highest BCUT2D eigenvalue weighted by Crippen LogP contribution is 2.46. The third-order valence-electron chi connectivity index (χ3n) is 11.8. The van der Waals surface area contributed by atoms with Gasteiger partial charge in [-0.15, -0.1) is 0 Å². The van der Waals surface area contributed by atoms with Gasteiger partial charge >= 0.3 is 0 Å². The Morgan fingerprint density at radius 1 is 0.288 bits per heavy atom. The van der Waals surface area contributed by atoms with Crippen LogP contribution in [-0.4, -0.2) is 0 Å². The van der Waals surface area contributed by atoms with Crippen LogP contribution in [-0.2, 0) is 0 Å². The minimum absolute atomic E-state index is 0.873. The molecule has 0 unspecified atom stereocenters. The number of rotatable bonds is 6. The lowest BCUT2D eigenvalue weighted by molar-refractivity contribution is 0.669. The largest absolute Gasteiger partial charge is 0.456 e. The second kappa shape index (κ2) is 13.4. The summed E-state index contributed by atoms with van der Waals surface area (Å²) in [5, 5.41) is 9.29. The van der Waals surface area contributed by atoms with Gasteiger partial charge in [-0.2, -0.15) is 0 Å². The first-order valence-electron chi connectivity index (χ1n) is 20.1. The second-order valence-electron chi connectivity index (χ2n) is 15.3. The van der Waals surface area contributed by atoms with Crippen LogP contribution in [0.3, 0.4) is 0 Å². The molecule has 12 rings (SSSR count). The van der Waals surface area contributed by atoms with Crippen molar-refractivity contribution in [3.8, 4) is 33.4 Å². The van der Waals surface area contributed by atoms with Gasteiger partial charge in [0.15, 0.2) is 0 Å². The van der Waals surface area contributed by atoms with Crippen molar-refractivity contribution in [1.82, 2.24) is 0 Å². The Labute approximate surface area is 340 Å². The molecular formula is C56H35NO2. The second-order valence-corrected chi connectivity index (χ2v) is 15.3. The van der Waals surface area contributed by atoms with Crippen molar-refractivity contribution >= 4 is 82.5 Å². The van der Waals surface area contributed by atoms with Crippen molar-refractivity contribution in [1.29, 1.82) is 0 Å². The van der Waals surface area contributed by atoms with Gasteiger partial charge in [0.05, 0.1) is 5.69 Å². The lowest BCUT2D eigenvalue weighted by Gasteiger charge is -2.28. The van der Waals surface area contributed by atoms with Gasteiger partial charge in [0.25, 0.3) is 0 Å². The van der Waals surface area contributed by atoms with Crippen LogP contribution in [0.5, 0.6) is 0 Å². The average Bonchev–Trinajstić information content (AvgIpc) is 3.86. The molecule has 2 aromatic heterocycles. The van der Waals surface area contributed by atoms with E-state index in [0.717, 1.165) is 83.2 Å². The molecule has 0 bridgehead atoms. The van der Waals surface area contributed by atoms with E-state index in [1.807, 2.05) is 12.1 Å². The standard InChI is InChI=1S/C56H35NO2/c1-2-14-40-35-55-50(34-39(40)13-1)56-48(22-11-25-54(56)59-55)46-19-5-7-23-51(46)57(42-29-26-37(27-30-42)45-21-10-15-36-12-3-4-18-44(36)45)43-17-9-16-38(32-43)41-28-31-53-49(33-41)47-20-6-8-24-52(47)58-53/h1-35H. The number of hydrogen-bond acceptors (Lipinski definition) is 3. The smallest absolute Gasteiger partial charge is 0.136 e. The van der Waals surface area contributed by atoms with Crippen LogP contribution in [0.25, 0.3) is 98.8 Å². The van der Waals surface area contributed by atoms with Gasteiger partial charge in [-0.3, -0.25) is 0 Å². The number of anilines is 3. The quantitative estimate of drug-likeness (QED) is 0.169. The van der Waals surface area contributed by atoms with Gasteiger partial charge < -0.3 is 13.7 Å². The number of nitrogens with zero attached hydrogens (tertiary/aromatic N) is 1. The molecule has 0 N–H and O–H groups in total. The summed E-state index contributed by atoms with van der Waals surface area (Å²) in [6.45, 7) is 0. The first-order chi connectivity index (χ1) is 29.2. The number of hydrogen-bond donors (Lipinski definition) is 0. The SMILES string of the molecule is c1cc(-c2ccc3oc4ccccc4c3c2)cc(N(c2ccc(-c3cccc4ccccc34)cc2)c2ccccc2-c2cccc3oc4cc5ccccc5cc4c23)c1. The molecule has 0 amide bonds. The van der Waals surface area contributed by atoms with E-state index in [1.54, 1.807) is 0 Å². The molecule has 3 heteroatoms. The lowest BCUT2D eigenvalue weighted by Crippen LogP contribution is -2.11. The zero-order chi connectivity index (χ0) is 38.9. The first kappa shape index (κ1) is 33.3. The molecule has 0 fully saturated rings. The fraction of sp³-hybridized carbons (Fsp3) is 0. The molecule has 0 spiro atoms. The average molecular weight is 754 g/mol. The van der Waals surface area contributed by atoms with Gasteiger partial charge in [0.1, 0.15) is 22.3 Å². The molecule has 0 aliphatic carbocycles. The van der Waals surface area contributed by atoms with E-state index < -0.39 is 0 Å². The van der Waals surface area contributed by atoms with Gasteiger partial charge in [0, 0.05) is 38.5 Å². The number of benzene rings is 10. The number of furan rings is 2. The summed E-state index contributed by atoms with van der Waals surface area (Å²) in [5.41, 5.74) is 13.6. The molecule has 0 aliphatic heterocycles. The van der Waals surface area contributed by atoms with Crippen molar-refractivity contribution in [2.45, 2.75) is 0 Å². The highest BCUT2D eigenvalue weighted by atomic mass is 16.3. The molecule has 0 radical (unpaired) electrons. The fourth-order valence-electron chi connectivity index (χ4n) is 9.06. The summed E-state index contributed by atoms with van der Waals surface area (Å²) in [6.07, 6.45) is 0. The van der Waals surface area contributed by atoms with Crippen molar-refractivity contribution < 1.29 is 8.83 Å². The fourth-order valence-corrected chi connectivity index (χ4v) is 9.06. The maximum atomic E-state index is 6.57. The molecule has 0 aliphatic rings. The van der Waals surface area contributed by atoms with Crippen molar-refractivity contribution in [2.75, 3.05) is 4.90 Å². The molecular weight excluding hydrogens is 719 g/mol. The summed E-state index contributed by atoms with van der Waals surface area (Å²) >= 11 is 0. The number of fused-ring (bicyclic) bond motifs is 8. The van der Waals surface area contributed by atoms with Crippen LogP contribution < -0.4 is 4.90 Å². The van der Waals surface area contributed by atoms with Gasteiger partial charge in [-0.1, -0.05) is 146 Å². The van der Waals surface area contributed by atoms with Crippen molar-refractivity contribution in [2.24, 2.45) is 0 Å². The zero-order valence-electron chi connectivity index (χ0n) is 32.0.